The minimum absolute atomic E-state index is 0.0688. The molecule has 0 aromatic heterocycles. The lowest BCUT2D eigenvalue weighted by atomic mass is 10.0. The SMILES string of the molecule is COOC(=O)C(Cc1ccc(O)cc1)NC(=O)CC(C)(C)N. The highest BCUT2D eigenvalue weighted by atomic mass is 17.2. The molecule has 22 heavy (non-hydrogen) atoms. The second-order valence-electron chi connectivity index (χ2n) is 5.73. The molecule has 1 unspecified atom stereocenters. The van der Waals surface area contributed by atoms with Crippen LogP contribution in [0.15, 0.2) is 24.3 Å². The van der Waals surface area contributed by atoms with Crippen molar-refractivity contribution in [2.45, 2.75) is 38.3 Å². The van der Waals surface area contributed by atoms with Gasteiger partial charge in [-0.3, -0.25) is 9.68 Å². The molecule has 0 aliphatic rings. The number of phenols is 1. The van der Waals surface area contributed by atoms with Crippen LogP contribution in [-0.4, -0.2) is 35.7 Å². The summed E-state index contributed by atoms with van der Waals surface area (Å²) in [6, 6.07) is 5.40. The van der Waals surface area contributed by atoms with E-state index in [0.29, 0.717) is 0 Å². The lowest BCUT2D eigenvalue weighted by Gasteiger charge is -2.21. The van der Waals surface area contributed by atoms with Crippen molar-refractivity contribution in [3.8, 4) is 5.75 Å². The van der Waals surface area contributed by atoms with Gasteiger partial charge in [0, 0.05) is 18.4 Å². The Kier molecular flexibility index (Phi) is 6.33. The highest BCUT2D eigenvalue weighted by Gasteiger charge is 2.26. The minimum Gasteiger partial charge on any atom is -0.508 e. The van der Waals surface area contributed by atoms with Crippen molar-refractivity contribution in [2.24, 2.45) is 5.73 Å². The first kappa shape index (κ1) is 17.9. The fourth-order valence-corrected chi connectivity index (χ4v) is 1.86. The van der Waals surface area contributed by atoms with E-state index in [1.54, 1.807) is 26.0 Å². The molecule has 1 aromatic carbocycles. The topological polar surface area (TPSA) is 111 Å². The van der Waals surface area contributed by atoms with E-state index in [1.165, 1.54) is 19.2 Å². The summed E-state index contributed by atoms with van der Waals surface area (Å²) >= 11 is 0. The second-order valence-corrected chi connectivity index (χ2v) is 5.73. The van der Waals surface area contributed by atoms with E-state index in [9.17, 15) is 14.7 Å². The van der Waals surface area contributed by atoms with Gasteiger partial charge in [-0.05, 0) is 31.5 Å². The maximum Gasteiger partial charge on any atom is 0.364 e. The number of nitrogens with one attached hydrogen (secondary N) is 1. The Morgan fingerprint density at radius 2 is 1.91 bits per heavy atom. The zero-order valence-electron chi connectivity index (χ0n) is 13.0. The van der Waals surface area contributed by atoms with Crippen LogP contribution in [-0.2, 0) is 25.8 Å². The largest absolute Gasteiger partial charge is 0.508 e. The van der Waals surface area contributed by atoms with Crippen LogP contribution in [0.2, 0.25) is 0 Å². The van der Waals surface area contributed by atoms with Gasteiger partial charge in [0.15, 0.2) is 0 Å². The van der Waals surface area contributed by atoms with Gasteiger partial charge in [-0.15, -0.1) is 0 Å². The highest BCUT2D eigenvalue weighted by Crippen LogP contribution is 2.12. The van der Waals surface area contributed by atoms with Crippen LogP contribution in [0.25, 0.3) is 0 Å². The molecule has 0 fully saturated rings. The molecule has 1 rings (SSSR count). The van der Waals surface area contributed by atoms with Gasteiger partial charge in [0.25, 0.3) is 0 Å². The van der Waals surface area contributed by atoms with Gasteiger partial charge in [0.05, 0.1) is 7.11 Å². The number of amides is 1. The summed E-state index contributed by atoms with van der Waals surface area (Å²) in [6.07, 6.45) is 0.276. The molecule has 7 nitrogen and oxygen atoms in total. The van der Waals surface area contributed by atoms with Gasteiger partial charge in [0.2, 0.25) is 5.91 Å². The number of hydrogen-bond donors (Lipinski definition) is 3. The molecular formula is C15H22N2O5. The average Bonchev–Trinajstić information content (AvgIpc) is 2.38. The van der Waals surface area contributed by atoms with Crippen molar-refractivity contribution in [1.29, 1.82) is 0 Å². The Hall–Kier alpha value is -2.12. The summed E-state index contributed by atoms with van der Waals surface area (Å²) in [4.78, 5) is 32.7. The van der Waals surface area contributed by atoms with Crippen molar-refractivity contribution in [3.63, 3.8) is 0 Å². The van der Waals surface area contributed by atoms with Crippen LogP contribution < -0.4 is 11.1 Å². The number of nitrogens with two attached hydrogens (primary N) is 1. The Morgan fingerprint density at radius 3 is 2.41 bits per heavy atom. The molecule has 1 aromatic rings. The third-order valence-electron chi connectivity index (χ3n) is 2.78. The zero-order valence-corrected chi connectivity index (χ0v) is 13.0. The molecule has 0 saturated heterocycles. The Labute approximate surface area is 129 Å². The van der Waals surface area contributed by atoms with Gasteiger partial charge in [-0.2, -0.15) is 4.89 Å². The molecule has 0 radical (unpaired) electrons. The predicted molar refractivity (Wildman–Crippen MR) is 79.7 cm³/mol. The number of aromatic hydroxyl groups is 1. The fourth-order valence-electron chi connectivity index (χ4n) is 1.86. The van der Waals surface area contributed by atoms with Gasteiger partial charge < -0.3 is 16.2 Å². The summed E-state index contributed by atoms with van der Waals surface area (Å²) in [5.41, 5.74) is 5.86. The molecule has 1 atom stereocenters. The van der Waals surface area contributed by atoms with Crippen LogP contribution in [0.1, 0.15) is 25.8 Å². The molecule has 0 heterocycles. The predicted octanol–water partition coefficient (Wildman–Crippen LogP) is 0.651. The minimum atomic E-state index is -0.903. The number of phenolic OH excluding ortho intramolecular Hbond substituents is 1. The van der Waals surface area contributed by atoms with Crippen LogP contribution in [0, 0.1) is 0 Å². The molecule has 122 valence electrons. The summed E-state index contributed by atoms with van der Waals surface area (Å²) < 4.78 is 0. The number of carbonyl (C=O) groups excluding carboxylic acids is 2. The molecule has 0 aliphatic carbocycles. The quantitative estimate of drug-likeness (QED) is 0.504. The van der Waals surface area contributed by atoms with E-state index >= 15 is 0 Å². The third-order valence-corrected chi connectivity index (χ3v) is 2.78. The van der Waals surface area contributed by atoms with Crippen molar-refractivity contribution < 1.29 is 24.5 Å². The number of benzene rings is 1. The fraction of sp³-hybridized carbons (Fsp3) is 0.467. The van der Waals surface area contributed by atoms with Crippen molar-refractivity contribution >= 4 is 11.9 Å². The van der Waals surface area contributed by atoms with Crippen molar-refractivity contribution in [1.82, 2.24) is 5.32 Å². The number of carbonyl (C=O) groups is 2. The van der Waals surface area contributed by atoms with Crippen LogP contribution >= 0.6 is 0 Å². The summed E-state index contributed by atoms with van der Waals surface area (Å²) in [5, 5.41) is 11.8. The summed E-state index contributed by atoms with van der Waals surface area (Å²) in [7, 11) is 1.21. The zero-order chi connectivity index (χ0) is 16.8. The monoisotopic (exact) mass is 310 g/mol. The smallest absolute Gasteiger partial charge is 0.364 e. The molecule has 4 N–H and O–H groups in total. The lowest BCUT2D eigenvalue weighted by Crippen LogP contribution is -2.47. The third kappa shape index (κ3) is 6.55. The Balaban J connectivity index is 2.77. The first-order chi connectivity index (χ1) is 10.2. The maximum absolute atomic E-state index is 11.9. The Bertz CT molecular complexity index is 508. The summed E-state index contributed by atoms with van der Waals surface area (Å²) in [5.74, 6) is -0.947. The first-order valence-electron chi connectivity index (χ1n) is 6.82. The van der Waals surface area contributed by atoms with E-state index in [-0.39, 0.29) is 24.5 Å². The van der Waals surface area contributed by atoms with E-state index in [0.717, 1.165) is 5.56 Å². The molecule has 0 bridgehead atoms. The van der Waals surface area contributed by atoms with E-state index < -0.39 is 17.6 Å². The van der Waals surface area contributed by atoms with Crippen LogP contribution in [0.3, 0.4) is 0 Å². The normalized spacial score (nSPS) is 12.5. The van der Waals surface area contributed by atoms with Gasteiger partial charge in [0.1, 0.15) is 11.8 Å². The molecule has 0 spiro atoms. The van der Waals surface area contributed by atoms with E-state index in [2.05, 4.69) is 15.1 Å². The molecule has 7 heteroatoms. The number of hydrogen-bond acceptors (Lipinski definition) is 6. The molecular weight excluding hydrogens is 288 g/mol. The lowest BCUT2D eigenvalue weighted by molar-refractivity contribution is -0.256. The average molecular weight is 310 g/mol. The van der Waals surface area contributed by atoms with Crippen LogP contribution in [0.5, 0.6) is 5.75 Å². The van der Waals surface area contributed by atoms with E-state index in [1.807, 2.05) is 0 Å². The maximum atomic E-state index is 11.9. The number of rotatable bonds is 7. The second kappa shape index (κ2) is 7.77. The molecule has 0 saturated carbocycles. The van der Waals surface area contributed by atoms with Gasteiger partial charge in [-0.1, -0.05) is 12.1 Å². The Morgan fingerprint density at radius 1 is 1.32 bits per heavy atom. The standard InChI is InChI=1S/C15H22N2O5/c1-15(2,16)9-13(19)17-12(14(20)22-21-3)8-10-4-6-11(18)7-5-10/h4-7,12,18H,8-9,16H2,1-3H3,(H,17,19). The van der Waals surface area contributed by atoms with Crippen molar-refractivity contribution in [2.75, 3.05) is 7.11 Å². The van der Waals surface area contributed by atoms with Crippen LogP contribution in [0.4, 0.5) is 0 Å². The summed E-state index contributed by atoms with van der Waals surface area (Å²) in [6.45, 7) is 3.43. The van der Waals surface area contributed by atoms with Gasteiger partial charge >= 0.3 is 5.97 Å². The first-order valence-corrected chi connectivity index (χ1v) is 6.82. The van der Waals surface area contributed by atoms with E-state index in [4.69, 9.17) is 5.73 Å². The highest BCUT2D eigenvalue weighted by molar-refractivity contribution is 5.85. The molecule has 0 aliphatic heterocycles. The van der Waals surface area contributed by atoms with Crippen molar-refractivity contribution in [3.05, 3.63) is 29.8 Å². The van der Waals surface area contributed by atoms with Gasteiger partial charge in [-0.25, -0.2) is 4.79 Å². The molecule has 1 amide bonds.